The third-order valence-electron chi connectivity index (χ3n) is 5.61. The van der Waals surface area contributed by atoms with E-state index in [1.165, 1.54) is 11.3 Å². The number of hydrogen-bond acceptors (Lipinski definition) is 4. The van der Waals surface area contributed by atoms with Gasteiger partial charge in [-0.2, -0.15) is 5.10 Å². The Labute approximate surface area is 216 Å². The van der Waals surface area contributed by atoms with Crippen molar-refractivity contribution >= 4 is 68.6 Å². The summed E-state index contributed by atoms with van der Waals surface area (Å²) in [6.45, 7) is 0. The van der Waals surface area contributed by atoms with Gasteiger partial charge >= 0.3 is 0 Å². The van der Waals surface area contributed by atoms with Crippen LogP contribution in [-0.4, -0.2) is 18.0 Å². The molecule has 0 fully saturated rings. The molecule has 5 rings (SSSR count). The van der Waals surface area contributed by atoms with Crippen LogP contribution in [0.3, 0.4) is 0 Å². The number of carbonyl (C=O) groups is 2. The average molecular weight is 510 g/mol. The fourth-order valence-electron chi connectivity index (χ4n) is 3.91. The van der Waals surface area contributed by atoms with Gasteiger partial charge in [0.25, 0.3) is 11.8 Å². The van der Waals surface area contributed by atoms with E-state index in [1.54, 1.807) is 36.6 Å². The third kappa shape index (κ3) is 5.05. The fraction of sp³-hybridized carbons (Fsp3) is 0. The average Bonchev–Trinajstić information content (AvgIpc) is 3.41. The van der Waals surface area contributed by atoms with Gasteiger partial charge in [-0.15, -0.1) is 11.3 Å². The molecule has 5 aromatic rings. The Morgan fingerprint density at radius 3 is 2.17 bits per heavy atom. The predicted octanol–water partition coefficient (Wildman–Crippen LogP) is 6.63. The number of hydrogen-bond donors (Lipinski definition) is 2. The van der Waals surface area contributed by atoms with Gasteiger partial charge in [0.15, 0.2) is 0 Å². The second-order valence-corrected chi connectivity index (χ2v) is 9.33. The van der Waals surface area contributed by atoms with Crippen molar-refractivity contribution < 1.29 is 9.59 Å². The van der Waals surface area contributed by atoms with Crippen molar-refractivity contribution in [2.24, 2.45) is 5.10 Å². The van der Waals surface area contributed by atoms with Crippen LogP contribution in [0.5, 0.6) is 0 Å². The molecule has 0 atom stereocenters. The van der Waals surface area contributed by atoms with Crippen LogP contribution in [0, 0.1) is 0 Å². The number of halogens is 1. The first-order valence-corrected chi connectivity index (χ1v) is 12.4. The second kappa shape index (κ2) is 10.6. The Hall–Kier alpha value is -4.26. The van der Waals surface area contributed by atoms with Crippen molar-refractivity contribution in [3.8, 4) is 0 Å². The fourth-order valence-corrected chi connectivity index (χ4v) is 4.79. The number of nitrogens with zero attached hydrogens (tertiary/aromatic N) is 1. The molecule has 0 aliphatic rings. The summed E-state index contributed by atoms with van der Waals surface area (Å²) in [7, 11) is 0. The van der Waals surface area contributed by atoms with Crippen molar-refractivity contribution in [3.63, 3.8) is 0 Å². The van der Waals surface area contributed by atoms with E-state index in [0.29, 0.717) is 5.02 Å². The van der Waals surface area contributed by atoms with Crippen LogP contribution in [-0.2, 0) is 4.79 Å². The maximum atomic E-state index is 13.1. The molecule has 0 unspecified atom stereocenters. The van der Waals surface area contributed by atoms with Gasteiger partial charge in [-0.1, -0.05) is 78.3 Å². The highest BCUT2D eigenvalue weighted by Gasteiger charge is 2.16. The summed E-state index contributed by atoms with van der Waals surface area (Å²) in [5.74, 6) is -1.04. The number of hydrazone groups is 1. The molecular formula is C29H20ClN3O2S. The van der Waals surface area contributed by atoms with Gasteiger partial charge in [0.05, 0.1) is 16.8 Å². The number of benzene rings is 4. The normalized spacial score (nSPS) is 11.8. The predicted molar refractivity (Wildman–Crippen MR) is 148 cm³/mol. The standard InChI is InChI=1S/C29H20ClN3O2S/c30-26-14-6-5-13-24(26)28(34)32-27(17-21-10-7-15-36-21)29(35)33-31-18-25-22-11-3-1-8-19(22)16-20-9-2-4-12-23(20)25/h1-18H,(H,32,34)(H,33,35)/b27-17-,31-18+. The summed E-state index contributed by atoms with van der Waals surface area (Å²) in [6.07, 6.45) is 3.25. The first-order chi connectivity index (χ1) is 17.6. The summed E-state index contributed by atoms with van der Waals surface area (Å²) in [5, 5.41) is 13.3. The van der Waals surface area contributed by atoms with Gasteiger partial charge in [-0.3, -0.25) is 9.59 Å². The summed E-state index contributed by atoms with van der Waals surface area (Å²) < 4.78 is 0. The van der Waals surface area contributed by atoms with Crippen LogP contribution in [0.25, 0.3) is 27.6 Å². The summed E-state index contributed by atoms with van der Waals surface area (Å²) in [4.78, 5) is 26.8. The van der Waals surface area contributed by atoms with Crippen LogP contribution in [0.15, 0.2) is 107 Å². The van der Waals surface area contributed by atoms with Gasteiger partial charge in [-0.05, 0) is 57.3 Å². The summed E-state index contributed by atoms with van der Waals surface area (Å²) in [5.41, 5.74) is 3.79. The molecular weight excluding hydrogens is 490 g/mol. The molecule has 1 heterocycles. The zero-order valence-electron chi connectivity index (χ0n) is 18.9. The molecule has 0 bridgehead atoms. The molecule has 0 saturated heterocycles. The zero-order valence-corrected chi connectivity index (χ0v) is 20.5. The molecule has 0 aliphatic carbocycles. The van der Waals surface area contributed by atoms with Crippen molar-refractivity contribution in [3.05, 3.63) is 123 Å². The second-order valence-electron chi connectivity index (χ2n) is 7.94. The molecule has 4 aromatic carbocycles. The minimum absolute atomic E-state index is 0.0577. The molecule has 0 spiro atoms. The molecule has 7 heteroatoms. The molecule has 5 nitrogen and oxygen atoms in total. The smallest absolute Gasteiger partial charge is 0.287 e. The number of amides is 2. The van der Waals surface area contributed by atoms with Crippen molar-refractivity contribution in [1.29, 1.82) is 0 Å². The van der Waals surface area contributed by atoms with Crippen LogP contribution in [0.2, 0.25) is 5.02 Å². The Balaban J connectivity index is 1.44. The lowest BCUT2D eigenvalue weighted by molar-refractivity contribution is -0.117. The maximum absolute atomic E-state index is 13.1. The van der Waals surface area contributed by atoms with Crippen molar-refractivity contribution in [2.75, 3.05) is 0 Å². The highest BCUT2D eigenvalue weighted by atomic mass is 35.5. The van der Waals surface area contributed by atoms with E-state index < -0.39 is 11.8 Å². The Bertz CT molecular complexity index is 1590. The Morgan fingerprint density at radius 2 is 1.50 bits per heavy atom. The summed E-state index contributed by atoms with van der Waals surface area (Å²) >= 11 is 7.62. The molecule has 2 amide bonds. The number of fused-ring (bicyclic) bond motifs is 2. The van der Waals surface area contributed by atoms with Gasteiger partial charge in [0.2, 0.25) is 0 Å². The number of nitrogens with one attached hydrogen (secondary N) is 2. The molecule has 0 radical (unpaired) electrons. The Kier molecular flexibility index (Phi) is 6.89. The SMILES string of the molecule is O=C(N/N=C/c1c2ccccc2cc2ccccc12)/C(=C/c1cccs1)NC(=O)c1ccccc1Cl. The Morgan fingerprint density at radius 1 is 0.833 bits per heavy atom. The van der Waals surface area contributed by atoms with E-state index in [-0.39, 0.29) is 11.3 Å². The van der Waals surface area contributed by atoms with Gasteiger partial charge in [0, 0.05) is 10.4 Å². The molecule has 36 heavy (non-hydrogen) atoms. The first-order valence-electron chi connectivity index (χ1n) is 11.1. The quantitative estimate of drug-likeness (QED) is 0.117. The lowest BCUT2D eigenvalue weighted by atomic mass is 9.97. The van der Waals surface area contributed by atoms with E-state index in [0.717, 1.165) is 32.0 Å². The van der Waals surface area contributed by atoms with E-state index in [9.17, 15) is 9.59 Å². The van der Waals surface area contributed by atoms with Crippen LogP contribution in [0.4, 0.5) is 0 Å². The summed E-state index contributed by atoms with van der Waals surface area (Å²) in [6, 6.07) is 28.6. The topological polar surface area (TPSA) is 70.6 Å². The molecule has 0 saturated carbocycles. The van der Waals surface area contributed by atoms with E-state index in [2.05, 4.69) is 21.9 Å². The zero-order chi connectivity index (χ0) is 24.9. The molecule has 0 aliphatic heterocycles. The monoisotopic (exact) mass is 509 g/mol. The van der Waals surface area contributed by atoms with Crippen LogP contribution >= 0.6 is 22.9 Å². The first kappa shape index (κ1) is 23.5. The molecule has 176 valence electrons. The van der Waals surface area contributed by atoms with E-state index >= 15 is 0 Å². The minimum Gasteiger partial charge on any atom is -0.317 e. The number of rotatable bonds is 6. The third-order valence-corrected chi connectivity index (χ3v) is 6.76. The highest BCUT2D eigenvalue weighted by molar-refractivity contribution is 7.10. The van der Waals surface area contributed by atoms with E-state index in [1.807, 2.05) is 66.0 Å². The van der Waals surface area contributed by atoms with Gasteiger partial charge in [-0.25, -0.2) is 5.43 Å². The van der Waals surface area contributed by atoms with Crippen molar-refractivity contribution in [1.82, 2.24) is 10.7 Å². The highest BCUT2D eigenvalue weighted by Crippen LogP contribution is 2.27. The largest absolute Gasteiger partial charge is 0.317 e. The van der Waals surface area contributed by atoms with Crippen LogP contribution < -0.4 is 10.7 Å². The van der Waals surface area contributed by atoms with Gasteiger partial charge < -0.3 is 5.32 Å². The maximum Gasteiger partial charge on any atom is 0.287 e. The number of carbonyl (C=O) groups excluding carboxylic acids is 2. The van der Waals surface area contributed by atoms with Crippen molar-refractivity contribution in [2.45, 2.75) is 0 Å². The number of thiophene rings is 1. The lowest BCUT2D eigenvalue weighted by Gasteiger charge is -2.10. The van der Waals surface area contributed by atoms with Crippen LogP contribution in [0.1, 0.15) is 20.8 Å². The van der Waals surface area contributed by atoms with Gasteiger partial charge in [0.1, 0.15) is 5.70 Å². The molecule has 1 aromatic heterocycles. The minimum atomic E-state index is -0.551. The lowest BCUT2D eigenvalue weighted by Crippen LogP contribution is -2.33. The van der Waals surface area contributed by atoms with E-state index in [4.69, 9.17) is 11.6 Å². The molecule has 2 N–H and O–H groups in total.